The lowest BCUT2D eigenvalue weighted by Crippen LogP contribution is -2.63. The number of aryl methyl sites for hydroxylation is 1. The molecule has 2 fully saturated rings. The molecule has 2 saturated heterocycles. The van der Waals surface area contributed by atoms with Crippen molar-refractivity contribution in [3.8, 4) is 11.1 Å². The number of hydrogen-bond acceptors (Lipinski definition) is 6. The molecule has 1 unspecified atom stereocenters. The van der Waals surface area contributed by atoms with Gasteiger partial charge < -0.3 is 19.6 Å². The van der Waals surface area contributed by atoms with Crippen molar-refractivity contribution in [2.24, 2.45) is 0 Å². The van der Waals surface area contributed by atoms with Crippen molar-refractivity contribution < 1.29 is 45.4 Å². The fourth-order valence-corrected chi connectivity index (χ4v) is 6.25. The van der Waals surface area contributed by atoms with Gasteiger partial charge >= 0.3 is 12.4 Å². The maximum Gasteiger partial charge on any atom is 0.416 e. The van der Waals surface area contributed by atoms with Crippen molar-refractivity contribution in [3.05, 3.63) is 76.7 Å². The SMILES string of the molecule is Cc1cc(F)ccc1-c1cc(N2CC3COCCN3C[C@H]2CO)ncc1N(C)C(=O)C(C)(C)c1cc(C(F)(F)F)cc(C(F)(F)F)c1. The van der Waals surface area contributed by atoms with E-state index in [2.05, 4.69) is 9.88 Å². The van der Waals surface area contributed by atoms with Gasteiger partial charge in [-0.3, -0.25) is 9.69 Å². The van der Waals surface area contributed by atoms with E-state index in [-0.39, 0.29) is 30.4 Å². The van der Waals surface area contributed by atoms with Gasteiger partial charge in [0.25, 0.3) is 0 Å². The van der Waals surface area contributed by atoms with Crippen LogP contribution < -0.4 is 9.80 Å². The van der Waals surface area contributed by atoms with E-state index in [1.54, 1.807) is 13.0 Å². The van der Waals surface area contributed by atoms with Gasteiger partial charge in [-0.05, 0) is 73.9 Å². The van der Waals surface area contributed by atoms with Crippen LogP contribution in [0.3, 0.4) is 0 Å². The number of likely N-dealkylation sites (N-methyl/N-ethyl adjacent to an activating group) is 1. The summed E-state index contributed by atoms with van der Waals surface area (Å²) in [6.45, 7) is 6.86. The molecule has 2 aromatic carbocycles. The highest BCUT2D eigenvalue weighted by Crippen LogP contribution is 2.41. The number of morpholine rings is 1. The molecule has 0 aliphatic carbocycles. The number of nitrogens with zero attached hydrogens (tertiary/aromatic N) is 4. The molecule has 3 aromatic rings. The van der Waals surface area contributed by atoms with Crippen LogP contribution in [0.2, 0.25) is 0 Å². The number of aliphatic hydroxyl groups excluding tert-OH is 1. The molecule has 0 spiro atoms. The average molecular weight is 669 g/mol. The van der Waals surface area contributed by atoms with Gasteiger partial charge in [0, 0.05) is 32.2 Å². The summed E-state index contributed by atoms with van der Waals surface area (Å²) in [5, 5.41) is 10.3. The van der Waals surface area contributed by atoms with Crippen LogP contribution in [0.1, 0.15) is 36.1 Å². The van der Waals surface area contributed by atoms with Crippen LogP contribution in [-0.4, -0.2) is 79.5 Å². The molecule has 0 saturated carbocycles. The van der Waals surface area contributed by atoms with Crippen LogP contribution in [-0.2, 0) is 27.3 Å². The van der Waals surface area contributed by atoms with Gasteiger partial charge in [-0.1, -0.05) is 6.07 Å². The number of amides is 1. The standard InChI is InChI=1S/C33H35F7N4O3/c1-19-9-23(34)5-6-26(19)27-13-29(44-16-25-18-47-8-7-43(25)15-24(44)17-45)41-14-28(27)42(4)30(46)31(2,3)20-10-21(32(35,36)37)12-22(11-20)33(38,39)40/h5-6,9-14,24-25,45H,7-8,15-18H2,1-4H3/t24-,25?/m0/s1. The number of hydrogen-bond donors (Lipinski definition) is 1. The number of ether oxygens (including phenoxy) is 1. The highest BCUT2D eigenvalue weighted by Gasteiger charge is 2.42. The van der Waals surface area contributed by atoms with Crippen molar-refractivity contribution in [2.75, 3.05) is 56.3 Å². The zero-order chi connectivity index (χ0) is 34.5. The minimum absolute atomic E-state index is 0.0186. The molecule has 14 heteroatoms. The highest BCUT2D eigenvalue weighted by atomic mass is 19.4. The number of aromatic nitrogens is 1. The molecule has 0 radical (unpaired) electrons. The molecule has 5 rings (SSSR count). The van der Waals surface area contributed by atoms with Crippen LogP contribution in [0.25, 0.3) is 11.1 Å². The lowest BCUT2D eigenvalue weighted by Gasteiger charge is -2.48. The highest BCUT2D eigenvalue weighted by molar-refractivity contribution is 6.03. The maximum atomic E-state index is 14.2. The summed E-state index contributed by atoms with van der Waals surface area (Å²) in [5.74, 6) is -0.835. The Morgan fingerprint density at radius 2 is 1.62 bits per heavy atom. The first-order chi connectivity index (χ1) is 21.9. The minimum atomic E-state index is -5.09. The van der Waals surface area contributed by atoms with Crippen molar-refractivity contribution in [2.45, 2.75) is 50.6 Å². The number of carbonyl (C=O) groups is 1. The Kier molecular flexibility index (Phi) is 9.34. The van der Waals surface area contributed by atoms with Crippen LogP contribution >= 0.6 is 0 Å². The van der Waals surface area contributed by atoms with Crippen LogP contribution in [0.15, 0.2) is 48.7 Å². The molecule has 2 aliphatic heterocycles. The second kappa shape index (κ2) is 12.7. The third kappa shape index (κ3) is 6.95. The summed E-state index contributed by atoms with van der Waals surface area (Å²) in [7, 11) is 1.36. The molecule has 0 bridgehead atoms. The summed E-state index contributed by atoms with van der Waals surface area (Å²) in [4.78, 5) is 24.0. The smallest absolute Gasteiger partial charge is 0.394 e. The van der Waals surface area contributed by atoms with E-state index in [9.17, 15) is 40.6 Å². The number of piperazine rings is 1. The molecular formula is C33H35F7N4O3. The van der Waals surface area contributed by atoms with Gasteiger partial charge in [0.1, 0.15) is 11.6 Å². The van der Waals surface area contributed by atoms with Gasteiger partial charge in [0.15, 0.2) is 0 Å². The van der Waals surface area contributed by atoms with E-state index in [4.69, 9.17) is 4.74 Å². The normalized spacial score (nSPS) is 19.4. The molecule has 1 amide bonds. The quantitative estimate of drug-likeness (QED) is 0.323. The second-order valence-electron chi connectivity index (χ2n) is 12.5. The number of alkyl halides is 6. The largest absolute Gasteiger partial charge is 0.416 e. The van der Waals surface area contributed by atoms with Crippen LogP contribution in [0.4, 0.5) is 42.2 Å². The lowest BCUT2D eigenvalue weighted by atomic mass is 9.81. The number of pyridine rings is 1. The molecular weight excluding hydrogens is 633 g/mol. The Bertz CT molecular complexity index is 1610. The fraction of sp³-hybridized carbons (Fsp3) is 0.455. The van der Waals surface area contributed by atoms with Gasteiger partial charge in [-0.25, -0.2) is 9.37 Å². The zero-order valence-electron chi connectivity index (χ0n) is 26.2. The first-order valence-electron chi connectivity index (χ1n) is 15.0. The predicted octanol–water partition coefficient (Wildman–Crippen LogP) is 6.06. The Morgan fingerprint density at radius 3 is 2.21 bits per heavy atom. The molecule has 3 heterocycles. The third-order valence-corrected chi connectivity index (χ3v) is 9.01. The molecule has 47 heavy (non-hydrogen) atoms. The third-order valence-electron chi connectivity index (χ3n) is 9.01. The van der Waals surface area contributed by atoms with E-state index in [1.165, 1.54) is 45.3 Å². The van der Waals surface area contributed by atoms with Crippen molar-refractivity contribution in [1.82, 2.24) is 9.88 Å². The second-order valence-corrected chi connectivity index (χ2v) is 12.5. The van der Waals surface area contributed by atoms with E-state index >= 15 is 0 Å². The molecule has 254 valence electrons. The number of benzene rings is 2. The van der Waals surface area contributed by atoms with Crippen molar-refractivity contribution >= 4 is 17.4 Å². The summed E-state index contributed by atoms with van der Waals surface area (Å²) in [5.41, 5.74) is -3.71. The lowest BCUT2D eigenvalue weighted by molar-refractivity contribution is -0.143. The number of aliphatic hydroxyl groups is 1. The van der Waals surface area contributed by atoms with E-state index < -0.39 is 46.2 Å². The van der Waals surface area contributed by atoms with Crippen LogP contribution in [0.5, 0.6) is 0 Å². The summed E-state index contributed by atoms with van der Waals surface area (Å²) in [6.07, 6.45) is -8.78. The van der Waals surface area contributed by atoms with E-state index in [1.807, 2.05) is 4.90 Å². The molecule has 2 aliphatic rings. The summed E-state index contributed by atoms with van der Waals surface area (Å²) >= 11 is 0. The van der Waals surface area contributed by atoms with Crippen molar-refractivity contribution in [3.63, 3.8) is 0 Å². The fourth-order valence-electron chi connectivity index (χ4n) is 6.25. The number of carbonyl (C=O) groups excluding carboxylic acids is 1. The Labute approximate surface area is 267 Å². The molecule has 2 atom stereocenters. The van der Waals surface area contributed by atoms with Gasteiger partial charge in [0.2, 0.25) is 5.91 Å². The van der Waals surface area contributed by atoms with Gasteiger partial charge in [0.05, 0.1) is 60.3 Å². The Balaban J connectivity index is 1.59. The number of fused-ring (bicyclic) bond motifs is 1. The minimum Gasteiger partial charge on any atom is -0.394 e. The number of rotatable bonds is 6. The maximum absolute atomic E-state index is 14.2. The zero-order valence-corrected chi connectivity index (χ0v) is 26.2. The Hall–Kier alpha value is -3.75. The summed E-state index contributed by atoms with van der Waals surface area (Å²) < 4.78 is 102. The van der Waals surface area contributed by atoms with E-state index in [0.717, 1.165) is 11.4 Å². The predicted molar refractivity (Wildman–Crippen MR) is 162 cm³/mol. The molecule has 1 aromatic heterocycles. The summed E-state index contributed by atoms with van der Waals surface area (Å²) in [6, 6.07) is 6.62. The first-order valence-corrected chi connectivity index (χ1v) is 15.0. The number of anilines is 2. The molecule has 1 N–H and O–H groups in total. The Morgan fingerprint density at radius 1 is 0.979 bits per heavy atom. The van der Waals surface area contributed by atoms with E-state index in [0.29, 0.717) is 60.9 Å². The van der Waals surface area contributed by atoms with Gasteiger partial charge in [-0.15, -0.1) is 0 Å². The number of halogens is 7. The first kappa shape index (κ1) is 34.6. The van der Waals surface area contributed by atoms with Crippen LogP contribution in [0, 0.1) is 12.7 Å². The van der Waals surface area contributed by atoms with Crippen molar-refractivity contribution in [1.29, 1.82) is 0 Å². The van der Waals surface area contributed by atoms with Gasteiger partial charge in [-0.2, -0.15) is 26.3 Å². The average Bonchev–Trinajstić information content (AvgIpc) is 3.02. The topological polar surface area (TPSA) is 69.1 Å². The monoisotopic (exact) mass is 668 g/mol. The molecule has 7 nitrogen and oxygen atoms in total.